The van der Waals surface area contributed by atoms with E-state index in [1.165, 1.54) is 17.8 Å². The van der Waals surface area contributed by atoms with Gasteiger partial charge in [0.1, 0.15) is 0 Å². The summed E-state index contributed by atoms with van der Waals surface area (Å²) in [6.45, 7) is 1.88. The van der Waals surface area contributed by atoms with E-state index in [0.717, 1.165) is 12.1 Å². The van der Waals surface area contributed by atoms with Crippen LogP contribution < -0.4 is 5.73 Å². The lowest BCUT2D eigenvalue weighted by atomic mass is 10.2. The zero-order chi connectivity index (χ0) is 13.1. The fourth-order valence-corrected chi connectivity index (χ4v) is 2.07. The first-order valence-corrected chi connectivity index (χ1v) is 5.95. The second kappa shape index (κ2) is 5.64. The summed E-state index contributed by atoms with van der Waals surface area (Å²) in [6.07, 6.45) is -4.32. The monoisotopic (exact) mass is 265 g/mol. The van der Waals surface area contributed by atoms with Crippen molar-refractivity contribution in [1.29, 1.82) is 0 Å². The van der Waals surface area contributed by atoms with Gasteiger partial charge in [0, 0.05) is 23.4 Å². The Morgan fingerprint density at radius 2 is 2.06 bits per heavy atom. The van der Waals surface area contributed by atoms with E-state index in [0.29, 0.717) is 10.6 Å². The molecule has 0 amide bonds. The molecule has 1 atom stereocenters. The van der Waals surface area contributed by atoms with Gasteiger partial charge in [0.25, 0.3) is 0 Å². The molecular weight excluding hydrogens is 251 g/mol. The molecule has 1 rings (SSSR count). The number of hydrogen-bond acceptors (Lipinski definition) is 3. The van der Waals surface area contributed by atoms with E-state index in [1.807, 2.05) is 6.92 Å². The lowest BCUT2D eigenvalue weighted by Gasteiger charge is -2.12. The lowest BCUT2D eigenvalue weighted by molar-refractivity contribution is -0.137. The lowest BCUT2D eigenvalue weighted by Crippen LogP contribution is -2.08. The molecule has 17 heavy (non-hydrogen) atoms. The molecule has 0 heterocycles. The maximum absolute atomic E-state index is 12.4. The van der Waals surface area contributed by atoms with Gasteiger partial charge in [-0.25, -0.2) is 0 Å². The summed E-state index contributed by atoms with van der Waals surface area (Å²) in [4.78, 5) is 0.641. The molecule has 0 fully saturated rings. The number of anilines is 1. The second-order valence-corrected chi connectivity index (χ2v) is 4.67. The number of methoxy groups -OCH3 is 1. The first-order valence-electron chi connectivity index (χ1n) is 4.97. The molecule has 1 aromatic carbocycles. The Morgan fingerprint density at radius 1 is 1.41 bits per heavy atom. The van der Waals surface area contributed by atoms with Gasteiger partial charge < -0.3 is 10.5 Å². The van der Waals surface area contributed by atoms with E-state index in [-0.39, 0.29) is 11.8 Å². The third kappa shape index (κ3) is 4.12. The summed E-state index contributed by atoms with van der Waals surface area (Å²) in [7, 11) is 1.58. The number of thioether (sulfide) groups is 1. The summed E-state index contributed by atoms with van der Waals surface area (Å²) in [6, 6.07) is 3.39. The number of ether oxygens (including phenoxy) is 1. The molecule has 0 spiro atoms. The van der Waals surface area contributed by atoms with Gasteiger partial charge in [-0.1, -0.05) is 0 Å². The number of hydrogen-bond donors (Lipinski definition) is 1. The van der Waals surface area contributed by atoms with E-state index in [1.54, 1.807) is 7.11 Å². The summed E-state index contributed by atoms with van der Waals surface area (Å²) in [5.74, 6) is 0.645. The minimum atomic E-state index is -4.35. The van der Waals surface area contributed by atoms with Gasteiger partial charge in [0.15, 0.2) is 0 Å². The van der Waals surface area contributed by atoms with Gasteiger partial charge in [-0.15, -0.1) is 11.8 Å². The molecular formula is C11H14F3NOS. The van der Waals surface area contributed by atoms with Gasteiger partial charge in [0.05, 0.1) is 11.7 Å². The zero-order valence-electron chi connectivity index (χ0n) is 9.54. The van der Waals surface area contributed by atoms with E-state index in [4.69, 9.17) is 10.5 Å². The van der Waals surface area contributed by atoms with Gasteiger partial charge in [-0.3, -0.25) is 0 Å². The van der Waals surface area contributed by atoms with Crippen molar-refractivity contribution in [3.8, 4) is 0 Å². The SMILES string of the molecule is COC(C)CSc1ccc(C(F)(F)F)cc1N. The molecule has 2 nitrogen and oxygen atoms in total. The highest BCUT2D eigenvalue weighted by Crippen LogP contribution is 2.34. The fourth-order valence-electron chi connectivity index (χ4n) is 1.13. The average Bonchev–Trinajstić information content (AvgIpc) is 2.25. The van der Waals surface area contributed by atoms with Gasteiger partial charge >= 0.3 is 6.18 Å². The van der Waals surface area contributed by atoms with Crippen molar-refractivity contribution in [1.82, 2.24) is 0 Å². The Bertz CT molecular complexity index is 381. The highest BCUT2D eigenvalue weighted by atomic mass is 32.2. The number of halogens is 3. The Labute approximate surface area is 102 Å². The largest absolute Gasteiger partial charge is 0.416 e. The second-order valence-electron chi connectivity index (χ2n) is 3.61. The molecule has 0 aliphatic rings. The van der Waals surface area contributed by atoms with Crippen LogP contribution in [0.25, 0.3) is 0 Å². The third-order valence-electron chi connectivity index (χ3n) is 2.21. The summed E-state index contributed by atoms with van der Waals surface area (Å²) >= 11 is 1.38. The van der Waals surface area contributed by atoms with Crippen LogP contribution in [0.4, 0.5) is 18.9 Å². The summed E-state index contributed by atoms with van der Waals surface area (Å²) in [5, 5.41) is 0. The molecule has 0 aromatic heterocycles. The van der Waals surface area contributed by atoms with E-state index < -0.39 is 11.7 Å². The van der Waals surface area contributed by atoms with Gasteiger partial charge in [0.2, 0.25) is 0 Å². The zero-order valence-corrected chi connectivity index (χ0v) is 10.4. The van der Waals surface area contributed by atoms with Crippen LogP contribution in [0, 0.1) is 0 Å². The predicted octanol–water partition coefficient (Wildman–Crippen LogP) is 3.41. The molecule has 0 saturated heterocycles. The van der Waals surface area contributed by atoms with Crippen molar-refractivity contribution in [2.45, 2.75) is 24.1 Å². The Kier molecular flexibility index (Phi) is 4.70. The molecule has 1 aromatic rings. The molecule has 0 radical (unpaired) electrons. The smallest absolute Gasteiger partial charge is 0.398 e. The third-order valence-corrected chi connectivity index (χ3v) is 3.53. The number of nitrogens with two attached hydrogens (primary N) is 1. The van der Waals surface area contributed by atoms with Crippen molar-refractivity contribution in [2.75, 3.05) is 18.6 Å². The summed E-state index contributed by atoms with van der Waals surface area (Å²) < 4.78 is 42.2. The normalized spacial score (nSPS) is 13.7. The molecule has 6 heteroatoms. The Balaban J connectivity index is 2.77. The van der Waals surface area contributed by atoms with E-state index in [9.17, 15) is 13.2 Å². The summed E-state index contributed by atoms with van der Waals surface area (Å²) in [5.41, 5.74) is 5.01. The molecule has 1 unspecified atom stereocenters. The average molecular weight is 265 g/mol. The number of alkyl halides is 3. The highest BCUT2D eigenvalue weighted by Gasteiger charge is 2.30. The maximum Gasteiger partial charge on any atom is 0.416 e. The van der Waals surface area contributed by atoms with E-state index >= 15 is 0 Å². The van der Waals surface area contributed by atoms with Crippen LogP contribution in [0.15, 0.2) is 23.1 Å². The maximum atomic E-state index is 12.4. The minimum absolute atomic E-state index is 0.0293. The quantitative estimate of drug-likeness (QED) is 0.669. The topological polar surface area (TPSA) is 35.2 Å². The van der Waals surface area contributed by atoms with Crippen LogP contribution in [0.3, 0.4) is 0 Å². The Hall–Kier alpha value is -0.880. The number of benzene rings is 1. The minimum Gasteiger partial charge on any atom is -0.398 e. The molecule has 2 N–H and O–H groups in total. The van der Waals surface area contributed by atoms with Crippen LogP contribution in [-0.2, 0) is 10.9 Å². The van der Waals surface area contributed by atoms with Crippen LogP contribution >= 0.6 is 11.8 Å². The first kappa shape index (κ1) is 14.2. The van der Waals surface area contributed by atoms with Crippen molar-refractivity contribution < 1.29 is 17.9 Å². The molecule has 0 saturated carbocycles. The molecule has 96 valence electrons. The highest BCUT2D eigenvalue weighted by molar-refractivity contribution is 7.99. The van der Waals surface area contributed by atoms with Crippen LogP contribution in [0.1, 0.15) is 12.5 Å². The fraction of sp³-hybridized carbons (Fsp3) is 0.455. The van der Waals surface area contributed by atoms with Crippen molar-refractivity contribution in [3.63, 3.8) is 0 Å². The Morgan fingerprint density at radius 3 is 2.53 bits per heavy atom. The molecule has 0 aliphatic carbocycles. The van der Waals surface area contributed by atoms with Crippen molar-refractivity contribution >= 4 is 17.4 Å². The van der Waals surface area contributed by atoms with E-state index in [2.05, 4.69) is 0 Å². The van der Waals surface area contributed by atoms with Crippen molar-refractivity contribution in [3.05, 3.63) is 23.8 Å². The standard InChI is InChI=1S/C11H14F3NOS/c1-7(16-2)6-17-10-4-3-8(5-9(10)15)11(12,13)14/h3-5,7H,6,15H2,1-2H3. The van der Waals surface area contributed by atoms with Gasteiger partial charge in [-0.05, 0) is 25.1 Å². The van der Waals surface area contributed by atoms with Crippen molar-refractivity contribution in [2.24, 2.45) is 0 Å². The van der Waals surface area contributed by atoms with Gasteiger partial charge in [-0.2, -0.15) is 13.2 Å². The van der Waals surface area contributed by atoms with Crippen LogP contribution in [0.2, 0.25) is 0 Å². The molecule has 0 aliphatic heterocycles. The number of nitrogen functional groups attached to an aromatic ring is 1. The van der Waals surface area contributed by atoms with Crippen LogP contribution in [0.5, 0.6) is 0 Å². The first-order chi connectivity index (χ1) is 7.84. The van der Waals surface area contributed by atoms with Crippen LogP contribution in [-0.4, -0.2) is 19.0 Å². The predicted molar refractivity (Wildman–Crippen MR) is 63.1 cm³/mol. The number of rotatable bonds is 4. The molecule has 0 bridgehead atoms.